The molecule has 0 aromatic heterocycles. The third-order valence-corrected chi connectivity index (χ3v) is 2.79. The van der Waals surface area contributed by atoms with Crippen molar-refractivity contribution in [2.24, 2.45) is 4.99 Å². The van der Waals surface area contributed by atoms with E-state index in [2.05, 4.69) is 15.6 Å². The minimum Gasteiger partial charge on any atom is -0.484 e. The minimum atomic E-state index is -4.45. The molecule has 0 amide bonds. The van der Waals surface area contributed by atoms with E-state index in [4.69, 9.17) is 4.74 Å². The van der Waals surface area contributed by atoms with Crippen LogP contribution >= 0.6 is 0 Å². The fourth-order valence-corrected chi connectivity index (χ4v) is 1.77. The third kappa shape index (κ3) is 7.98. The molecule has 0 spiro atoms. The molecule has 0 unspecified atom stereocenters. The molecular weight excluding hydrogens is 333 g/mol. The van der Waals surface area contributed by atoms with Crippen LogP contribution in [0.15, 0.2) is 23.2 Å². The van der Waals surface area contributed by atoms with Gasteiger partial charge in [-0.3, -0.25) is 0 Å². The van der Waals surface area contributed by atoms with Crippen LogP contribution in [0.1, 0.15) is 18.1 Å². The molecule has 0 bridgehead atoms. The standard InChI is InChI=1S/C15H20F5N3O/c1-3-21-14(23-8-13(16)17)22-7-11-5-4-10(2)6-12(11)24-9-15(18,19)20/h4-6,13H,3,7-9H2,1-2H3,(H2,21,22,23). The Morgan fingerprint density at radius 3 is 2.54 bits per heavy atom. The molecule has 1 aromatic carbocycles. The Kier molecular flexibility index (Phi) is 7.73. The number of hydrogen-bond donors (Lipinski definition) is 2. The number of benzene rings is 1. The highest BCUT2D eigenvalue weighted by Gasteiger charge is 2.28. The first kappa shape index (κ1) is 20.0. The van der Waals surface area contributed by atoms with Gasteiger partial charge in [-0.05, 0) is 25.5 Å². The van der Waals surface area contributed by atoms with Crippen LogP contribution in [0.25, 0.3) is 0 Å². The van der Waals surface area contributed by atoms with Crippen molar-refractivity contribution in [3.05, 3.63) is 29.3 Å². The van der Waals surface area contributed by atoms with Gasteiger partial charge in [0.15, 0.2) is 12.6 Å². The zero-order valence-corrected chi connectivity index (χ0v) is 13.4. The number of alkyl halides is 5. The van der Waals surface area contributed by atoms with Crippen LogP contribution in [-0.2, 0) is 6.54 Å². The Hall–Kier alpha value is -2.06. The van der Waals surface area contributed by atoms with Crippen molar-refractivity contribution in [1.29, 1.82) is 0 Å². The van der Waals surface area contributed by atoms with E-state index >= 15 is 0 Å². The first-order chi connectivity index (χ1) is 11.2. The van der Waals surface area contributed by atoms with Crippen LogP contribution in [0.4, 0.5) is 22.0 Å². The number of nitrogens with one attached hydrogen (secondary N) is 2. The van der Waals surface area contributed by atoms with Gasteiger partial charge in [0.25, 0.3) is 6.43 Å². The lowest BCUT2D eigenvalue weighted by molar-refractivity contribution is -0.153. The number of nitrogens with zero attached hydrogens (tertiary/aromatic N) is 1. The van der Waals surface area contributed by atoms with E-state index < -0.39 is 25.8 Å². The Morgan fingerprint density at radius 1 is 1.25 bits per heavy atom. The first-order valence-electron chi connectivity index (χ1n) is 7.30. The second kappa shape index (κ2) is 9.29. The number of hydrogen-bond acceptors (Lipinski definition) is 2. The van der Waals surface area contributed by atoms with Crippen LogP contribution in [0.3, 0.4) is 0 Å². The van der Waals surface area contributed by atoms with Gasteiger partial charge >= 0.3 is 6.18 Å². The monoisotopic (exact) mass is 353 g/mol. The van der Waals surface area contributed by atoms with Gasteiger partial charge in [-0.15, -0.1) is 0 Å². The maximum absolute atomic E-state index is 12.3. The number of ether oxygens (including phenoxy) is 1. The molecule has 0 atom stereocenters. The zero-order valence-electron chi connectivity index (χ0n) is 13.4. The third-order valence-electron chi connectivity index (χ3n) is 2.79. The molecular formula is C15H20F5N3O. The average molecular weight is 353 g/mol. The maximum Gasteiger partial charge on any atom is 0.422 e. The van der Waals surface area contributed by atoms with E-state index in [1.54, 1.807) is 26.0 Å². The number of rotatable bonds is 7. The van der Waals surface area contributed by atoms with Gasteiger partial charge in [0.1, 0.15) is 5.75 Å². The van der Waals surface area contributed by atoms with Crippen molar-refractivity contribution in [3.63, 3.8) is 0 Å². The summed E-state index contributed by atoms with van der Waals surface area (Å²) >= 11 is 0. The Labute approximate surface area is 137 Å². The minimum absolute atomic E-state index is 0.00789. The van der Waals surface area contributed by atoms with Gasteiger partial charge in [-0.25, -0.2) is 13.8 Å². The Morgan fingerprint density at radius 2 is 1.96 bits per heavy atom. The zero-order chi connectivity index (χ0) is 18.2. The molecule has 24 heavy (non-hydrogen) atoms. The van der Waals surface area contributed by atoms with E-state index in [0.29, 0.717) is 12.1 Å². The summed E-state index contributed by atoms with van der Waals surface area (Å²) in [6.07, 6.45) is -6.99. The molecule has 0 radical (unpaired) electrons. The quantitative estimate of drug-likeness (QED) is 0.449. The lowest BCUT2D eigenvalue weighted by atomic mass is 10.1. The van der Waals surface area contributed by atoms with Gasteiger partial charge < -0.3 is 15.4 Å². The predicted molar refractivity (Wildman–Crippen MR) is 81.6 cm³/mol. The van der Waals surface area contributed by atoms with Gasteiger partial charge in [-0.1, -0.05) is 12.1 Å². The summed E-state index contributed by atoms with van der Waals surface area (Å²) in [5, 5.41) is 5.23. The highest BCUT2D eigenvalue weighted by molar-refractivity contribution is 5.79. The molecule has 0 aliphatic rings. The van der Waals surface area contributed by atoms with E-state index in [1.165, 1.54) is 6.07 Å². The topological polar surface area (TPSA) is 45.7 Å². The van der Waals surface area contributed by atoms with Crippen molar-refractivity contribution in [1.82, 2.24) is 10.6 Å². The van der Waals surface area contributed by atoms with Gasteiger partial charge in [0.2, 0.25) is 0 Å². The summed E-state index contributed by atoms with van der Waals surface area (Å²) in [5.41, 5.74) is 1.17. The summed E-state index contributed by atoms with van der Waals surface area (Å²) in [7, 11) is 0. The van der Waals surface area contributed by atoms with Crippen molar-refractivity contribution >= 4 is 5.96 Å². The molecule has 0 aliphatic heterocycles. The highest BCUT2D eigenvalue weighted by atomic mass is 19.4. The average Bonchev–Trinajstić information content (AvgIpc) is 2.48. The lowest BCUT2D eigenvalue weighted by Gasteiger charge is -2.14. The summed E-state index contributed by atoms with van der Waals surface area (Å²) in [4.78, 5) is 4.09. The van der Waals surface area contributed by atoms with Crippen molar-refractivity contribution in [3.8, 4) is 5.75 Å². The molecule has 4 nitrogen and oxygen atoms in total. The van der Waals surface area contributed by atoms with E-state index in [0.717, 1.165) is 5.56 Å². The van der Waals surface area contributed by atoms with E-state index in [9.17, 15) is 22.0 Å². The molecule has 9 heteroatoms. The Bertz CT molecular complexity index is 546. The fourth-order valence-electron chi connectivity index (χ4n) is 1.77. The molecule has 0 saturated carbocycles. The fraction of sp³-hybridized carbons (Fsp3) is 0.533. The number of aryl methyl sites for hydroxylation is 1. The summed E-state index contributed by atoms with van der Waals surface area (Å²) < 4.78 is 66.3. The van der Waals surface area contributed by atoms with Crippen molar-refractivity contribution in [2.45, 2.75) is 33.0 Å². The van der Waals surface area contributed by atoms with Crippen molar-refractivity contribution in [2.75, 3.05) is 19.7 Å². The smallest absolute Gasteiger partial charge is 0.422 e. The molecule has 0 saturated heterocycles. The maximum atomic E-state index is 12.3. The second-order valence-electron chi connectivity index (χ2n) is 4.98. The largest absolute Gasteiger partial charge is 0.484 e. The normalized spacial score (nSPS) is 12.4. The number of guanidine groups is 1. The summed E-state index contributed by atoms with van der Waals surface area (Å²) in [6, 6.07) is 4.79. The SMILES string of the molecule is CCNC(=NCc1ccc(C)cc1OCC(F)(F)F)NCC(F)F. The van der Waals surface area contributed by atoms with Gasteiger partial charge in [0, 0.05) is 12.1 Å². The second-order valence-corrected chi connectivity index (χ2v) is 4.98. The van der Waals surface area contributed by atoms with Crippen LogP contribution in [0.5, 0.6) is 5.75 Å². The predicted octanol–water partition coefficient (Wildman–Crippen LogP) is 3.26. The van der Waals surface area contributed by atoms with Crippen LogP contribution in [-0.4, -0.2) is 38.3 Å². The molecule has 0 aliphatic carbocycles. The van der Waals surface area contributed by atoms with Crippen LogP contribution < -0.4 is 15.4 Å². The summed E-state index contributed by atoms with van der Waals surface area (Å²) in [5.74, 6) is 0.223. The number of aliphatic imine (C=N–C) groups is 1. The molecule has 1 rings (SSSR count). The molecule has 2 N–H and O–H groups in total. The van der Waals surface area contributed by atoms with E-state index in [1.807, 2.05) is 0 Å². The summed E-state index contributed by atoms with van der Waals surface area (Å²) in [6.45, 7) is 1.96. The molecule has 0 fully saturated rings. The highest BCUT2D eigenvalue weighted by Crippen LogP contribution is 2.24. The van der Waals surface area contributed by atoms with Crippen molar-refractivity contribution < 1.29 is 26.7 Å². The van der Waals surface area contributed by atoms with Crippen LogP contribution in [0.2, 0.25) is 0 Å². The van der Waals surface area contributed by atoms with Gasteiger partial charge in [-0.2, -0.15) is 13.2 Å². The molecule has 1 aromatic rings. The van der Waals surface area contributed by atoms with E-state index in [-0.39, 0.29) is 18.3 Å². The first-order valence-corrected chi connectivity index (χ1v) is 7.30. The van der Waals surface area contributed by atoms with Crippen LogP contribution in [0, 0.1) is 6.92 Å². The molecule has 0 heterocycles. The lowest BCUT2D eigenvalue weighted by Crippen LogP contribution is -2.39. The number of halogens is 5. The van der Waals surface area contributed by atoms with Gasteiger partial charge in [0.05, 0.1) is 13.1 Å². The molecule has 136 valence electrons. The Balaban J connectivity index is 2.85.